The molecule has 2 nitrogen and oxygen atoms in total. The third kappa shape index (κ3) is 3.24. The molecule has 1 aromatic carbocycles. The number of benzene rings is 1. The Morgan fingerprint density at radius 3 is 2.86 bits per heavy atom. The molecule has 0 aliphatic heterocycles. The average molecular weight is 230 g/mol. The number of halogens is 1. The van der Waals surface area contributed by atoms with E-state index in [4.69, 9.17) is 11.6 Å². The maximum atomic E-state index is 11.3. The van der Waals surface area contributed by atoms with Gasteiger partial charge in [-0.15, -0.1) is 23.4 Å². The van der Waals surface area contributed by atoms with Gasteiger partial charge in [0.1, 0.15) is 0 Å². The summed E-state index contributed by atoms with van der Waals surface area (Å²) in [5.74, 6) is 0.314. The maximum Gasteiger partial charge on any atom is 0.225 e. The lowest BCUT2D eigenvalue weighted by atomic mass is 10.3. The SMILES string of the molecule is CSc1ccccc1NC(=O)CCCl. The van der Waals surface area contributed by atoms with E-state index in [0.29, 0.717) is 12.3 Å². The summed E-state index contributed by atoms with van der Waals surface area (Å²) in [5.41, 5.74) is 0.857. The van der Waals surface area contributed by atoms with Gasteiger partial charge in [0.2, 0.25) is 5.91 Å². The van der Waals surface area contributed by atoms with Crippen LogP contribution in [-0.2, 0) is 4.79 Å². The number of thioether (sulfide) groups is 1. The van der Waals surface area contributed by atoms with Crippen LogP contribution in [0.2, 0.25) is 0 Å². The molecule has 1 amide bonds. The summed E-state index contributed by atoms with van der Waals surface area (Å²) < 4.78 is 0. The van der Waals surface area contributed by atoms with Gasteiger partial charge in [0.15, 0.2) is 0 Å². The molecular formula is C10H12ClNOS. The molecule has 14 heavy (non-hydrogen) atoms. The number of nitrogens with one attached hydrogen (secondary N) is 1. The Hall–Kier alpha value is -0.670. The molecule has 0 aliphatic carbocycles. The van der Waals surface area contributed by atoms with Crippen LogP contribution in [-0.4, -0.2) is 18.0 Å². The first-order chi connectivity index (χ1) is 6.77. The molecule has 0 unspecified atom stereocenters. The highest BCUT2D eigenvalue weighted by atomic mass is 35.5. The van der Waals surface area contributed by atoms with Crippen molar-refractivity contribution in [3.8, 4) is 0 Å². The summed E-state index contributed by atoms with van der Waals surface area (Å²) in [6, 6.07) is 7.71. The highest BCUT2D eigenvalue weighted by Crippen LogP contribution is 2.24. The zero-order valence-corrected chi connectivity index (χ0v) is 9.49. The van der Waals surface area contributed by atoms with E-state index < -0.39 is 0 Å². The number of rotatable bonds is 4. The minimum absolute atomic E-state index is 0.0403. The van der Waals surface area contributed by atoms with E-state index in [0.717, 1.165) is 10.6 Å². The van der Waals surface area contributed by atoms with Crippen molar-refractivity contribution in [1.82, 2.24) is 0 Å². The maximum absolute atomic E-state index is 11.3. The quantitative estimate of drug-likeness (QED) is 0.635. The van der Waals surface area contributed by atoms with Gasteiger partial charge in [0.25, 0.3) is 0 Å². The predicted molar refractivity (Wildman–Crippen MR) is 62.2 cm³/mol. The third-order valence-electron chi connectivity index (χ3n) is 1.70. The second kappa shape index (κ2) is 5.94. The number of amides is 1. The van der Waals surface area contributed by atoms with Crippen LogP contribution in [0, 0.1) is 0 Å². The number of carbonyl (C=O) groups is 1. The molecule has 0 saturated carbocycles. The molecule has 76 valence electrons. The average Bonchev–Trinajstić information content (AvgIpc) is 2.19. The highest BCUT2D eigenvalue weighted by Gasteiger charge is 2.04. The van der Waals surface area contributed by atoms with E-state index in [1.165, 1.54) is 0 Å². The van der Waals surface area contributed by atoms with Crippen molar-refractivity contribution in [2.75, 3.05) is 17.5 Å². The zero-order valence-electron chi connectivity index (χ0n) is 7.92. The third-order valence-corrected chi connectivity index (χ3v) is 2.69. The second-order valence-corrected chi connectivity index (χ2v) is 3.91. The van der Waals surface area contributed by atoms with Crippen LogP contribution in [0.1, 0.15) is 6.42 Å². The lowest BCUT2D eigenvalue weighted by Crippen LogP contribution is -2.12. The van der Waals surface area contributed by atoms with Crippen molar-refractivity contribution in [3.63, 3.8) is 0 Å². The minimum Gasteiger partial charge on any atom is -0.325 e. The van der Waals surface area contributed by atoms with Crippen molar-refractivity contribution in [3.05, 3.63) is 24.3 Å². The summed E-state index contributed by atoms with van der Waals surface area (Å²) in [6.07, 6.45) is 2.33. The Balaban J connectivity index is 2.70. The topological polar surface area (TPSA) is 29.1 Å². The summed E-state index contributed by atoms with van der Waals surface area (Å²) in [4.78, 5) is 12.3. The van der Waals surface area contributed by atoms with E-state index in [9.17, 15) is 4.79 Å². The number of hydrogen-bond acceptors (Lipinski definition) is 2. The fourth-order valence-electron chi connectivity index (χ4n) is 1.05. The summed E-state index contributed by atoms with van der Waals surface area (Å²) >= 11 is 7.08. The number of anilines is 1. The van der Waals surface area contributed by atoms with Crippen molar-refractivity contribution in [2.24, 2.45) is 0 Å². The number of alkyl halides is 1. The number of hydrogen-bond donors (Lipinski definition) is 1. The van der Waals surface area contributed by atoms with E-state index in [-0.39, 0.29) is 5.91 Å². The summed E-state index contributed by atoms with van der Waals surface area (Å²) in [5, 5.41) is 2.82. The minimum atomic E-state index is -0.0403. The fourth-order valence-corrected chi connectivity index (χ4v) is 1.77. The monoisotopic (exact) mass is 229 g/mol. The van der Waals surface area contributed by atoms with Gasteiger partial charge in [0, 0.05) is 17.2 Å². The van der Waals surface area contributed by atoms with Gasteiger partial charge in [-0.2, -0.15) is 0 Å². The van der Waals surface area contributed by atoms with Crippen molar-refractivity contribution in [2.45, 2.75) is 11.3 Å². The molecule has 0 heterocycles. The molecule has 0 radical (unpaired) electrons. The van der Waals surface area contributed by atoms with Crippen LogP contribution in [0.25, 0.3) is 0 Å². The van der Waals surface area contributed by atoms with Crippen LogP contribution in [0.3, 0.4) is 0 Å². The lowest BCUT2D eigenvalue weighted by molar-refractivity contribution is -0.115. The predicted octanol–water partition coefficient (Wildman–Crippen LogP) is 2.98. The van der Waals surface area contributed by atoms with Crippen molar-refractivity contribution >= 4 is 35.0 Å². The van der Waals surface area contributed by atoms with E-state index in [2.05, 4.69) is 5.32 Å². The molecule has 0 atom stereocenters. The second-order valence-electron chi connectivity index (χ2n) is 2.69. The Bertz CT molecular complexity index is 317. The molecule has 1 aromatic rings. The Morgan fingerprint density at radius 1 is 1.50 bits per heavy atom. The van der Waals surface area contributed by atoms with Gasteiger partial charge in [-0.25, -0.2) is 0 Å². The van der Waals surface area contributed by atoms with Crippen LogP contribution < -0.4 is 5.32 Å². The smallest absolute Gasteiger partial charge is 0.225 e. The molecule has 0 saturated heterocycles. The van der Waals surface area contributed by atoms with Gasteiger partial charge < -0.3 is 5.32 Å². The summed E-state index contributed by atoms with van der Waals surface area (Å²) in [6.45, 7) is 0. The van der Waals surface area contributed by atoms with Crippen molar-refractivity contribution < 1.29 is 4.79 Å². The first-order valence-electron chi connectivity index (χ1n) is 4.26. The molecule has 0 spiro atoms. The van der Waals surface area contributed by atoms with Gasteiger partial charge in [0.05, 0.1) is 5.69 Å². The van der Waals surface area contributed by atoms with Crippen LogP contribution in [0.15, 0.2) is 29.2 Å². The molecule has 0 aromatic heterocycles. The highest BCUT2D eigenvalue weighted by molar-refractivity contribution is 7.98. The standard InChI is InChI=1S/C10H12ClNOS/c1-14-9-5-3-2-4-8(9)12-10(13)6-7-11/h2-5H,6-7H2,1H3,(H,12,13). The van der Waals surface area contributed by atoms with E-state index in [1.54, 1.807) is 11.8 Å². The molecule has 0 aliphatic rings. The largest absolute Gasteiger partial charge is 0.325 e. The van der Waals surface area contributed by atoms with Crippen LogP contribution >= 0.6 is 23.4 Å². The first-order valence-corrected chi connectivity index (χ1v) is 6.02. The van der Waals surface area contributed by atoms with Gasteiger partial charge in [-0.05, 0) is 18.4 Å². The Kier molecular flexibility index (Phi) is 4.84. The van der Waals surface area contributed by atoms with Crippen molar-refractivity contribution in [1.29, 1.82) is 0 Å². The molecule has 4 heteroatoms. The molecule has 1 N–H and O–H groups in total. The van der Waals surface area contributed by atoms with Gasteiger partial charge >= 0.3 is 0 Å². The van der Waals surface area contributed by atoms with E-state index in [1.807, 2.05) is 30.5 Å². The molecular weight excluding hydrogens is 218 g/mol. The van der Waals surface area contributed by atoms with Gasteiger partial charge in [-0.3, -0.25) is 4.79 Å². The molecule has 1 rings (SSSR count). The molecule has 0 fully saturated rings. The van der Waals surface area contributed by atoms with Gasteiger partial charge in [-0.1, -0.05) is 12.1 Å². The Morgan fingerprint density at radius 2 is 2.21 bits per heavy atom. The number of para-hydroxylation sites is 1. The van der Waals surface area contributed by atoms with Crippen LogP contribution in [0.5, 0.6) is 0 Å². The Labute approximate surface area is 93.0 Å². The molecule has 0 bridgehead atoms. The summed E-state index contributed by atoms with van der Waals surface area (Å²) in [7, 11) is 0. The number of carbonyl (C=O) groups excluding carboxylic acids is 1. The lowest BCUT2D eigenvalue weighted by Gasteiger charge is -2.07. The zero-order chi connectivity index (χ0) is 10.4. The van der Waals surface area contributed by atoms with Crippen LogP contribution in [0.4, 0.5) is 5.69 Å². The normalized spacial score (nSPS) is 9.86. The van der Waals surface area contributed by atoms with E-state index >= 15 is 0 Å². The first kappa shape index (κ1) is 11.4. The fraction of sp³-hybridized carbons (Fsp3) is 0.300.